The lowest BCUT2D eigenvalue weighted by atomic mass is 9.96. The molecule has 1 amide bonds. The lowest BCUT2D eigenvalue weighted by Gasteiger charge is -2.40. The molecule has 0 bridgehead atoms. The van der Waals surface area contributed by atoms with Gasteiger partial charge in [-0.15, -0.1) is 0 Å². The summed E-state index contributed by atoms with van der Waals surface area (Å²) >= 11 is 0. The van der Waals surface area contributed by atoms with Crippen LogP contribution < -0.4 is 5.32 Å². The number of likely N-dealkylation sites (N-methyl/N-ethyl adjacent to an activating group) is 1. The number of likely N-dealkylation sites (tertiary alicyclic amines) is 1. The number of hydrogen-bond donors (Lipinski definition) is 1. The fraction of sp³-hybridized carbons (Fsp3) is 0.929. The third kappa shape index (κ3) is 3.04. The van der Waals surface area contributed by atoms with Crippen LogP contribution in [0.1, 0.15) is 39.0 Å². The number of carbonyl (C=O) groups excluding carboxylic acids is 1. The largest absolute Gasteiger partial charge is 0.341 e. The Morgan fingerprint density at radius 2 is 2.11 bits per heavy atom. The standard InChI is InChI=1S/C14H27N3O/c1-11-10-12(7-9-16(11)2)17(3)14(18)13-6-4-5-8-15-13/h11-13,15H,4-10H2,1-3H3/t11-,12+,13-/m1/s1. The molecule has 2 aliphatic heterocycles. The summed E-state index contributed by atoms with van der Waals surface area (Å²) in [6.07, 6.45) is 5.60. The normalized spacial score (nSPS) is 34.3. The van der Waals surface area contributed by atoms with Gasteiger partial charge in [-0.05, 0) is 46.2 Å². The molecule has 104 valence electrons. The molecule has 3 atom stereocenters. The van der Waals surface area contributed by atoms with Gasteiger partial charge in [0.05, 0.1) is 6.04 Å². The van der Waals surface area contributed by atoms with Crippen molar-refractivity contribution in [3.8, 4) is 0 Å². The van der Waals surface area contributed by atoms with Crippen LogP contribution in [0.25, 0.3) is 0 Å². The number of amides is 1. The van der Waals surface area contributed by atoms with Crippen LogP contribution >= 0.6 is 0 Å². The molecule has 0 spiro atoms. The van der Waals surface area contributed by atoms with Gasteiger partial charge in [0.15, 0.2) is 0 Å². The molecular formula is C14H27N3O. The van der Waals surface area contributed by atoms with Gasteiger partial charge in [-0.3, -0.25) is 4.79 Å². The van der Waals surface area contributed by atoms with E-state index in [9.17, 15) is 4.79 Å². The maximum atomic E-state index is 12.4. The molecule has 0 saturated carbocycles. The Kier molecular flexibility index (Phi) is 4.62. The minimum Gasteiger partial charge on any atom is -0.341 e. The van der Waals surface area contributed by atoms with E-state index in [1.165, 1.54) is 12.8 Å². The Hall–Kier alpha value is -0.610. The highest BCUT2D eigenvalue weighted by Crippen LogP contribution is 2.21. The molecule has 0 aromatic rings. The molecule has 0 aromatic carbocycles. The number of nitrogens with one attached hydrogen (secondary N) is 1. The van der Waals surface area contributed by atoms with Gasteiger partial charge in [-0.25, -0.2) is 0 Å². The van der Waals surface area contributed by atoms with Gasteiger partial charge in [0.1, 0.15) is 0 Å². The number of rotatable bonds is 2. The van der Waals surface area contributed by atoms with Crippen molar-refractivity contribution in [2.24, 2.45) is 0 Å². The fourth-order valence-corrected chi connectivity index (χ4v) is 3.10. The van der Waals surface area contributed by atoms with Crippen molar-refractivity contribution in [3.63, 3.8) is 0 Å². The summed E-state index contributed by atoms with van der Waals surface area (Å²) in [6, 6.07) is 1.07. The first-order valence-electron chi connectivity index (χ1n) is 7.30. The predicted octanol–water partition coefficient (Wildman–Crippen LogP) is 1.07. The summed E-state index contributed by atoms with van der Waals surface area (Å²) in [5.74, 6) is 0.302. The Labute approximate surface area is 111 Å². The lowest BCUT2D eigenvalue weighted by molar-refractivity contribution is -0.136. The first-order valence-corrected chi connectivity index (χ1v) is 7.30. The summed E-state index contributed by atoms with van der Waals surface area (Å²) in [5, 5.41) is 3.36. The quantitative estimate of drug-likeness (QED) is 0.799. The van der Waals surface area contributed by atoms with Crippen molar-refractivity contribution in [2.45, 2.75) is 57.2 Å². The predicted molar refractivity (Wildman–Crippen MR) is 73.5 cm³/mol. The molecule has 2 aliphatic rings. The van der Waals surface area contributed by atoms with Crippen molar-refractivity contribution in [1.82, 2.24) is 15.1 Å². The van der Waals surface area contributed by atoms with Crippen LogP contribution in [0, 0.1) is 0 Å². The highest BCUT2D eigenvalue weighted by molar-refractivity contribution is 5.82. The topological polar surface area (TPSA) is 35.6 Å². The van der Waals surface area contributed by atoms with Crippen LogP contribution in [-0.4, -0.2) is 61.0 Å². The maximum absolute atomic E-state index is 12.4. The molecule has 0 aromatic heterocycles. The highest BCUT2D eigenvalue weighted by atomic mass is 16.2. The molecule has 18 heavy (non-hydrogen) atoms. The van der Waals surface area contributed by atoms with Gasteiger partial charge >= 0.3 is 0 Å². The molecule has 0 aliphatic carbocycles. The zero-order chi connectivity index (χ0) is 13.1. The molecule has 2 fully saturated rings. The smallest absolute Gasteiger partial charge is 0.239 e. The maximum Gasteiger partial charge on any atom is 0.239 e. The zero-order valence-electron chi connectivity index (χ0n) is 12.0. The van der Waals surface area contributed by atoms with E-state index in [1.807, 2.05) is 11.9 Å². The van der Waals surface area contributed by atoms with Crippen LogP contribution in [0.15, 0.2) is 0 Å². The third-order valence-corrected chi connectivity index (χ3v) is 4.68. The Morgan fingerprint density at radius 3 is 2.72 bits per heavy atom. The van der Waals surface area contributed by atoms with Gasteiger partial charge in [0.2, 0.25) is 5.91 Å². The molecule has 1 N–H and O–H groups in total. The Bertz CT molecular complexity index is 289. The van der Waals surface area contributed by atoms with Crippen LogP contribution in [0.2, 0.25) is 0 Å². The van der Waals surface area contributed by atoms with Gasteiger partial charge in [0.25, 0.3) is 0 Å². The fourth-order valence-electron chi connectivity index (χ4n) is 3.10. The highest BCUT2D eigenvalue weighted by Gasteiger charge is 2.31. The van der Waals surface area contributed by atoms with Gasteiger partial charge in [0, 0.05) is 25.7 Å². The summed E-state index contributed by atoms with van der Waals surface area (Å²) in [4.78, 5) is 16.8. The second-order valence-electron chi connectivity index (χ2n) is 5.96. The molecular weight excluding hydrogens is 226 g/mol. The van der Waals surface area contributed by atoms with Gasteiger partial charge in [-0.1, -0.05) is 6.42 Å². The van der Waals surface area contributed by atoms with E-state index in [0.29, 0.717) is 18.0 Å². The minimum atomic E-state index is 0.0683. The van der Waals surface area contributed by atoms with Gasteiger partial charge < -0.3 is 15.1 Å². The SMILES string of the molecule is C[C@@H]1C[C@@H](N(C)C(=O)[C@H]2CCCCN2)CCN1C. The van der Waals surface area contributed by atoms with E-state index in [0.717, 1.165) is 32.4 Å². The number of carbonyl (C=O) groups is 1. The summed E-state index contributed by atoms with van der Waals surface area (Å²) in [7, 11) is 4.16. The van der Waals surface area contributed by atoms with Crippen molar-refractivity contribution in [2.75, 3.05) is 27.2 Å². The third-order valence-electron chi connectivity index (χ3n) is 4.68. The average molecular weight is 253 g/mol. The van der Waals surface area contributed by atoms with E-state index in [1.54, 1.807) is 0 Å². The van der Waals surface area contributed by atoms with E-state index in [-0.39, 0.29) is 6.04 Å². The monoisotopic (exact) mass is 253 g/mol. The Morgan fingerprint density at radius 1 is 1.33 bits per heavy atom. The van der Waals surface area contributed by atoms with Crippen LogP contribution in [0.5, 0.6) is 0 Å². The van der Waals surface area contributed by atoms with Crippen LogP contribution in [-0.2, 0) is 4.79 Å². The van der Waals surface area contributed by atoms with Crippen molar-refractivity contribution >= 4 is 5.91 Å². The van der Waals surface area contributed by atoms with Crippen molar-refractivity contribution in [3.05, 3.63) is 0 Å². The Balaban J connectivity index is 1.89. The lowest BCUT2D eigenvalue weighted by Crippen LogP contribution is -2.53. The summed E-state index contributed by atoms with van der Waals surface area (Å²) in [6.45, 7) is 4.35. The number of nitrogens with zero attached hydrogens (tertiary/aromatic N) is 2. The molecule has 2 rings (SSSR count). The molecule has 0 unspecified atom stereocenters. The molecule has 4 heteroatoms. The van der Waals surface area contributed by atoms with E-state index in [2.05, 4.69) is 24.2 Å². The minimum absolute atomic E-state index is 0.0683. The van der Waals surface area contributed by atoms with E-state index < -0.39 is 0 Å². The molecule has 0 radical (unpaired) electrons. The first-order chi connectivity index (χ1) is 8.59. The van der Waals surface area contributed by atoms with Crippen molar-refractivity contribution in [1.29, 1.82) is 0 Å². The molecule has 4 nitrogen and oxygen atoms in total. The van der Waals surface area contributed by atoms with Crippen molar-refractivity contribution < 1.29 is 4.79 Å². The second-order valence-corrected chi connectivity index (χ2v) is 5.96. The molecule has 2 heterocycles. The number of piperidine rings is 2. The first kappa shape index (κ1) is 13.8. The summed E-state index contributed by atoms with van der Waals surface area (Å²) in [5.41, 5.74) is 0. The van der Waals surface area contributed by atoms with Gasteiger partial charge in [-0.2, -0.15) is 0 Å². The summed E-state index contributed by atoms with van der Waals surface area (Å²) < 4.78 is 0. The van der Waals surface area contributed by atoms with E-state index >= 15 is 0 Å². The van der Waals surface area contributed by atoms with Crippen LogP contribution in [0.3, 0.4) is 0 Å². The van der Waals surface area contributed by atoms with E-state index in [4.69, 9.17) is 0 Å². The average Bonchev–Trinajstić information content (AvgIpc) is 2.41. The second kappa shape index (κ2) is 6.02. The molecule has 2 saturated heterocycles. The zero-order valence-corrected chi connectivity index (χ0v) is 12.0. The number of hydrogen-bond acceptors (Lipinski definition) is 3. The van der Waals surface area contributed by atoms with Crippen LogP contribution in [0.4, 0.5) is 0 Å².